The summed E-state index contributed by atoms with van der Waals surface area (Å²) in [6.45, 7) is 22.3. The molecule has 2 atom stereocenters. The quantitative estimate of drug-likeness (QED) is 0.398. The summed E-state index contributed by atoms with van der Waals surface area (Å²) < 4.78 is 6.05. The Morgan fingerprint density at radius 2 is 1.00 bits per heavy atom. The molecule has 0 N–H and O–H groups in total. The van der Waals surface area contributed by atoms with Crippen LogP contribution in [0, 0.1) is 0 Å². The number of ether oxygens (including phenoxy) is 1. The van der Waals surface area contributed by atoms with E-state index >= 15 is 0 Å². The summed E-state index contributed by atoms with van der Waals surface area (Å²) in [6, 6.07) is 0. The second-order valence-electron chi connectivity index (χ2n) is 4.40. The predicted molar refractivity (Wildman–Crippen MR) is 83.9 cm³/mol. The van der Waals surface area contributed by atoms with E-state index in [0.29, 0.717) is 0 Å². The van der Waals surface area contributed by atoms with Crippen molar-refractivity contribution in [2.45, 2.75) is 26.3 Å². The van der Waals surface area contributed by atoms with Gasteiger partial charge in [0.05, 0.1) is 0 Å². The topological polar surface area (TPSA) is 15.7 Å². The molecule has 0 heterocycles. The van der Waals surface area contributed by atoms with Gasteiger partial charge in [-0.25, -0.2) is 0 Å². The molecule has 0 radical (unpaired) electrons. The van der Waals surface area contributed by atoms with Gasteiger partial charge >= 0.3 is 0 Å². The van der Waals surface area contributed by atoms with Crippen molar-refractivity contribution in [2.24, 2.45) is 0 Å². The molecule has 0 amide bonds. The van der Waals surface area contributed by atoms with Crippen molar-refractivity contribution in [3.05, 3.63) is 50.6 Å². The van der Waals surface area contributed by atoms with E-state index in [-0.39, 0.29) is 12.5 Å². The maximum atomic E-state index is 6.05. The lowest BCUT2D eigenvalue weighted by Gasteiger charge is -2.33. The lowest BCUT2D eigenvalue weighted by Crippen LogP contribution is -2.43. The van der Waals surface area contributed by atoms with E-state index in [1.165, 1.54) is 0 Å². The van der Waals surface area contributed by atoms with Crippen LogP contribution in [0.4, 0.5) is 0 Å². The number of hydrogen-bond acceptors (Lipinski definition) is 3. The van der Waals surface area contributed by atoms with Gasteiger partial charge in [0.15, 0.2) is 0 Å². The highest BCUT2D eigenvalue weighted by molar-refractivity contribution is 4.83. The monoisotopic (exact) mass is 264 g/mol. The third kappa shape index (κ3) is 7.11. The summed E-state index contributed by atoms with van der Waals surface area (Å²) >= 11 is 0. The Hall–Kier alpha value is -1.16. The number of rotatable bonds is 12. The fourth-order valence-electron chi connectivity index (χ4n) is 1.86. The molecular formula is C16H28N2O. The first-order valence-corrected chi connectivity index (χ1v) is 6.67. The smallest absolute Gasteiger partial charge is 0.110 e. The number of nitrogens with zero attached hydrogens (tertiary/aromatic N) is 2. The van der Waals surface area contributed by atoms with Crippen LogP contribution in [0.5, 0.6) is 0 Å². The van der Waals surface area contributed by atoms with E-state index in [9.17, 15) is 0 Å². The number of hydrogen-bond donors (Lipinski definition) is 0. The van der Waals surface area contributed by atoms with Crippen LogP contribution < -0.4 is 0 Å². The largest absolute Gasteiger partial charge is 0.345 e. The molecule has 0 saturated carbocycles. The molecule has 0 aromatic heterocycles. The van der Waals surface area contributed by atoms with E-state index in [0.717, 1.165) is 26.2 Å². The molecule has 0 fully saturated rings. The molecule has 0 rings (SSSR count). The van der Waals surface area contributed by atoms with Gasteiger partial charge in [-0.3, -0.25) is 9.80 Å². The standard InChI is InChI=1S/C16H28N2O/c1-7-11-17(12-8-2)15(5)19-16(6)18(13-9-3)14-10-4/h7-10,15-16H,1-4,11-14H2,5-6H3. The van der Waals surface area contributed by atoms with Crippen LogP contribution in [0.1, 0.15) is 13.8 Å². The average Bonchev–Trinajstić information content (AvgIpc) is 2.38. The fourth-order valence-corrected chi connectivity index (χ4v) is 1.86. The summed E-state index contributed by atoms with van der Waals surface area (Å²) in [5.41, 5.74) is 0. The Morgan fingerprint density at radius 3 is 1.21 bits per heavy atom. The average molecular weight is 264 g/mol. The van der Waals surface area contributed by atoms with Gasteiger partial charge in [0.2, 0.25) is 0 Å². The van der Waals surface area contributed by atoms with Crippen LogP contribution in [0.3, 0.4) is 0 Å². The second kappa shape index (κ2) is 10.7. The fraction of sp³-hybridized carbons (Fsp3) is 0.500. The Labute approximate surface area is 118 Å². The minimum Gasteiger partial charge on any atom is -0.345 e. The van der Waals surface area contributed by atoms with Gasteiger partial charge in [-0.2, -0.15) is 0 Å². The summed E-state index contributed by atoms with van der Waals surface area (Å²) in [5.74, 6) is 0. The Bertz CT molecular complexity index is 240. The zero-order chi connectivity index (χ0) is 14.7. The molecule has 0 bridgehead atoms. The van der Waals surface area contributed by atoms with Crippen molar-refractivity contribution in [1.82, 2.24) is 9.80 Å². The second-order valence-corrected chi connectivity index (χ2v) is 4.40. The molecule has 0 aromatic rings. The predicted octanol–water partition coefficient (Wildman–Crippen LogP) is 3.04. The summed E-state index contributed by atoms with van der Waals surface area (Å²) in [4.78, 5) is 4.33. The van der Waals surface area contributed by atoms with Crippen molar-refractivity contribution in [3.8, 4) is 0 Å². The molecule has 0 aliphatic heterocycles. The normalized spacial score (nSPS) is 14.1. The van der Waals surface area contributed by atoms with E-state index in [2.05, 4.69) is 36.1 Å². The van der Waals surface area contributed by atoms with Gasteiger partial charge in [0, 0.05) is 26.2 Å². The summed E-state index contributed by atoms with van der Waals surface area (Å²) in [6.07, 6.45) is 7.50. The van der Waals surface area contributed by atoms with Crippen LogP contribution in [0.25, 0.3) is 0 Å². The molecule has 2 unspecified atom stereocenters. The van der Waals surface area contributed by atoms with E-state index in [4.69, 9.17) is 4.74 Å². The van der Waals surface area contributed by atoms with Gasteiger partial charge in [-0.15, -0.1) is 26.3 Å². The molecule has 0 aliphatic carbocycles. The SMILES string of the molecule is C=CCN(CC=C)C(C)OC(C)N(CC=C)CC=C. The first-order chi connectivity index (χ1) is 9.10. The lowest BCUT2D eigenvalue weighted by molar-refractivity contribution is -0.128. The summed E-state index contributed by atoms with van der Waals surface area (Å²) in [7, 11) is 0. The highest BCUT2D eigenvalue weighted by Gasteiger charge is 2.18. The Morgan fingerprint density at radius 1 is 0.737 bits per heavy atom. The van der Waals surface area contributed by atoms with Gasteiger partial charge in [0.25, 0.3) is 0 Å². The first-order valence-electron chi connectivity index (χ1n) is 6.67. The van der Waals surface area contributed by atoms with Crippen molar-refractivity contribution in [3.63, 3.8) is 0 Å². The molecule has 3 nitrogen and oxygen atoms in total. The molecule has 0 aromatic carbocycles. The molecule has 0 spiro atoms. The van der Waals surface area contributed by atoms with Crippen molar-refractivity contribution in [1.29, 1.82) is 0 Å². The van der Waals surface area contributed by atoms with Crippen molar-refractivity contribution < 1.29 is 4.74 Å². The van der Waals surface area contributed by atoms with E-state index < -0.39 is 0 Å². The molecular weight excluding hydrogens is 236 g/mol. The van der Waals surface area contributed by atoms with Crippen LogP contribution in [0.2, 0.25) is 0 Å². The Kier molecular flexibility index (Phi) is 10.1. The van der Waals surface area contributed by atoms with Crippen LogP contribution >= 0.6 is 0 Å². The third-order valence-electron chi connectivity index (χ3n) is 2.88. The van der Waals surface area contributed by atoms with E-state index in [1.54, 1.807) is 0 Å². The van der Waals surface area contributed by atoms with Gasteiger partial charge in [-0.1, -0.05) is 24.3 Å². The molecule has 3 heteroatoms. The van der Waals surface area contributed by atoms with Crippen LogP contribution in [-0.2, 0) is 4.74 Å². The molecule has 0 saturated heterocycles. The zero-order valence-corrected chi connectivity index (χ0v) is 12.4. The van der Waals surface area contributed by atoms with E-state index in [1.807, 2.05) is 38.2 Å². The zero-order valence-electron chi connectivity index (χ0n) is 12.4. The first kappa shape index (κ1) is 17.8. The van der Waals surface area contributed by atoms with Crippen molar-refractivity contribution >= 4 is 0 Å². The van der Waals surface area contributed by atoms with Crippen molar-refractivity contribution in [2.75, 3.05) is 26.2 Å². The van der Waals surface area contributed by atoms with Gasteiger partial charge < -0.3 is 4.74 Å². The van der Waals surface area contributed by atoms with Crippen LogP contribution in [-0.4, -0.2) is 48.4 Å². The lowest BCUT2D eigenvalue weighted by atomic mass is 10.4. The van der Waals surface area contributed by atoms with Gasteiger partial charge in [0.1, 0.15) is 12.5 Å². The maximum absolute atomic E-state index is 6.05. The molecule has 0 aliphatic rings. The van der Waals surface area contributed by atoms with Crippen LogP contribution in [0.15, 0.2) is 50.6 Å². The molecule has 108 valence electrons. The maximum Gasteiger partial charge on any atom is 0.110 e. The highest BCUT2D eigenvalue weighted by atomic mass is 16.5. The third-order valence-corrected chi connectivity index (χ3v) is 2.88. The molecule has 19 heavy (non-hydrogen) atoms. The highest BCUT2D eigenvalue weighted by Crippen LogP contribution is 2.09. The van der Waals surface area contributed by atoms with Gasteiger partial charge in [-0.05, 0) is 13.8 Å². The Balaban J connectivity index is 4.49. The minimum atomic E-state index is 0.00290. The minimum absolute atomic E-state index is 0.00290. The summed E-state index contributed by atoms with van der Waals surface area (Å²) in [5, 5.41) is 0.